The summed E-state index contributed by atoms with van der Waals surface area (Å²) in [5, 5.41) is 3.83. The number of hydrogen-bond acceptors (Lipinski definition) is 3. The zero-order valence-electron chi connectivity index (χ0n) is 11.4. The Kier molecular flexibility index (Phi) is 4.60. The van der Waals surface area contributed by atoms with Gasteiger partial charge in [-0.05, 0) is 49.5 Å². The molecule has 20 heavy (non-hydrogen) atoms. The molecule has 2 rings (SSSR count). The highest BCUT2D eigenvalue weighted by Gasteiger charge is 2.48. The molecule has 0 amide bonds. The van der Waals surface area contributed by atoms with Crippen LogP contribution in [-0.4, -0.2) is 5.71 Å². The summed E-state index contributed by atoms with van der Waals surface area (Å²) in [6.07, 6.45) is 6.51. The van der Waals surface area contributed by atoms with Crippen LogP contribution in [0, 0.1) is 11.7 Å². The van der Waals surface area contributed by atoms with E-state index in [0.29, 0.717) is 11.3 Å². The van der Waals surface area contributed by atoms with Crippen molar-refractivity contribution in [1.82, 2.24) is 0 Å². The van der Waals surface area contributed by atoms with Crippen LogP contribution in [0.5, 0.6) is 0 Å². The molecular weight excluding hydrogens is 321 g/mol. The lowest BCUT2D eigenvalue weighted by Crippen LogP contribution is -2.47. The van der Waals surface area contributed by atoms with E-state index >= 15 is 0 Å². The summed E-state index contributed by atoms with van der Waals surface area (Å²) in [4.78, 5) is 0. The lowest BCUT2D eigenvalue weighted by molar-refractivity contribution is 0.484. The van der Waals surface area contributed by atoms with Crippen LogP contribution in [0.3, 0.4) is 0 Å². The van der Waals surface area contributed by atoms with Crippen molar-refractivity contribution in [3.8, 4) is 0 Å². The summed E-state index contributed by atoms with van der Waals surface area (Å²) < 4.78 is 15.0. The number of benzene rings is 1. The number of halogens is 2. The van der Waals surface area contributed by atoms with E-state index in [1.54, 1.807) is 18.2 Å². The largest absolute Gasteiger partial charge is 0.323 e. The highest BCUT2D eigenvalue weighted by Crippen LogP contribution is 2.46. The fraction of sp³-hybridized carbons (Fsp3) is 0.400. The molecule has 1 aromatic carbocycles. The van der Waals surface area contributed by atoms with Gasteiger partial charge in [0.2, 0.25) is 0 Å². The molecule has 0 saturated heterocycles. The Labute approximate surface area is 127 Å². The molecule has 3 nitrogen and oxygen atoms in total. The number of hydrogen-bond donors (Lipinski definition) is 2. The van der Waals surface area contributed by atoms with Crippen molar-refractivity contribution >= 4 is 21.6 Å². The third-order valence-corrected chi connectivity index (χ3v) is 4.16. The van der Waals surface area contributed by atoms with Gasteiger partial charge in [-0.2, -0.15) is 5.10 Å². The normalized spacial score (nSPS) is 19.3. The molecule has 4 N–H and O–H groups in total. The standard InChI is InChI=1S/C15H19BrFN3/c1-2-3-4-14(20-19)15(18,10-5-6-10)12-9-11(16)7-8-13(12)17/h3-4,7-10H,2,5-6,18-19H2,1H3/b4-3-,20-14+. The quantitative estimate of drug-likeness (QED) is 0.490. The molecule has 0 radical (unpaired) electrons. The molecule has 1 aromatic rings. The van der Waals surface area contributed by atoms with Crippen LogP contribution >= 0.6 is 15.9 Å². The van der Waals surface area contributed by atoms with Gasteiger partial charge in [0, 0.05) is 10.0 Å². The second-order valence-corrected chi connectivity index (χ2v) is 6.01. The topological polar surface area (TPSA) is 64.4 Å². The number of nitrogens with two attached hydrogens (primary N) is 2. The van der Waals surface area contributed by atoms with Crippen LogP contribution in [0.2, 0.25) is 0 Å². The number of allylic oxidation sites excluding steroid dienone is 1. The Hall–Kier alpha value is -1.20. The maximum atomic E-state index is 14.3. The van der Waals surface area contributed by atoms with Crippen molar-refractivity contribution in [3.05, 3.63) is 46.2 Å². The van der Waals surface area contributed by atoms with Gasteiger partial charge < -0.3 is 11.6 Å². The van der Waals surface area contributed by atoms with Crippen LogP contribution in [0.15, 0.2) is 39.9 Å². The molecule has 108 valence electrons. The predicted octanol–water partition coefficient (Wildman–Crippen LogP) is 3.43. The lowest BCUT2D eigenvalue weighted by atomic mass is 9.80. The van der Waals surface area contributed by atoms with Crippen molar-refractivity contribution in [2.45, 2.75) is 31.7 Å². The number of nitrogens with zero attached hydrogens (tertiary/aromatic N) is 1. The van der Waals surface area contributed by atoms with Gasteiger partial charge in [-0.15, -0.1) is 0 Å². The summed E-state index contributed by atoms with van der Waals surface area (Å²) in [5.41, 5.74) is 6.57. The molecule has 1 aliphatic rings. The van der Waals surface area contributed by atoms with E-state index in [9.17, 15) is 4.39 Å². The first-order valence-electron chi connectivity index (χ1n) is 6.73. The van der Waals surface area contributed by atoms with Crippen LogP contribution in [0.1, 0.15) is 31.7 Å². The third-order valence-electron chi connectivity index (χ3n) is 3.67. The second-order valence-electron chi connectivity index (χ2n) is 5.09. The van der Waals surface area contributed by atoms with Crippen LogP contribution in [0.4, 0.5) is 4.39 Å². The van der Waals surface area contributed by atoms with Crippen molar-refractivity contribution in [3.63, 3.8) is 0 Å². The molecule has 0 bridgehead atoms. The van der Waals surface area contributed by atoms with Crippen molar-refractivity contribution in [1.29, 1.82) is 0 Å². The first-order valence-corrected chi connectivity index (χ1v) is 7.52. The molecule has 1 aliphatic carbocycles. The third kappa shape index (κ3) is 2.79. The minimum absolute atomic E-state index is 0.176. The Morgan fingerprint density at radius 1 is 1.55 bits per heavy atom. The van der Waals surface area contributed by atoms with Gasteiger partial charge in [0.05, 0.1) is 11.3 Å². The van der Waals surface area contributed by atoms with E-state index in [4.69, 9.17) is 11.6 Å². The Balaban J connectivity index is 2.54. The lowest BCUT2D eigenvalue weighted by Gasteiger charge is -2.30. The van der Waals surface area contributed by atoms with Gasteiger partial charge in [0.1, 0.15) is 5.82 Å². The highest BCUT2D eigenvalue weighted by molar-refractivity contribution is 9.10. The Morgan fingerprint density at radius 2 is 2.25 bits per heavy atom. The van der Waals surface area contributed by atoms with Crippen LogP contribution in [0.25, 0.3) is 0 Å². The summed E-state index contributed by atoms with van der Waals surface area (Å²) >= 11 is 3.37. The molecule has 1 atom stereocenters. The molecule has 0 aliphatic heterocycles. The van der Waals surface area contributed by atoms with E-state index in [0.717, 1.165) is 23.7 Å². The summed E-state index contributed by atoms with van der Waals surface area (Å²) in [6.45, 7) is 2.01. The first kappa shape index (κ1) is 15.2. The molecule has 1 saturated carbocycles. The van der Waals surface area contributed by atoms with Gasteiger partial charge in [-0.3, -0.25) is 0 Å². The van der Waals surface area contributed by atoms with Crippen molar-refractivity contribution < 1.29 is 4.39 Å². The number of rotatable bonds is 5. The SMILES string of the molecule is CC/C=C\C(=N/N)C(N)(c1cc(Br)ccc1F)C1CC1. The van der Waals surface area contributed by atoms with E-state index in [-0.39, 0.29) is 11.7 Å². The van der Waals surface area contributed by atoms with Gasteiger partial charge in [0.25, 0.3) is 0 Å². The first-order chi connectivity index (χ1) is 9.53. The van der Waals surface area contributed by atoms with Gasteiger partial charge in [-0.1, -0.05) is 28.9 Å². The van der Waals surface area contributed by atoms with Crippen LogP contribution in [-0.2, 0) is 5.54 Å². The smallest absolute Gasteiger partial charge is 0.128 e. The minimum atomic E-state index is -0.964. The van der Waals surface area contributed by atoms with Gasteiger partial charge >= 0.3 is 0 Å². The minimum Gasteiger partial charge on any atom is -0.323 e. The van der Waals surface area contributed by atoms with Crippen molar-refractivity contribution in [2.24, 2.45) is 22.6 Å². The molecule has 1 fully saturated rings. The predicted molar refractivity (Wildman–Crippen MR) is 83.7 cm³/mol. The monoisotopic (exact) mass is 339 g/mol. The zero-order valence-corrected chi connectivity index (χ0v) is 13.0. The molecule has 0 aromatic heterocycles. The molecule has 0 heterocycles. The van der Waals surface area contributed by atoms with Gasteiger partial charge in [-0.25, -0.2) is 4.39 Å². The summed E-state index contributed by atoms with van der Waals surface area (Å²) in [7, 11) is 0. The fourth-order valence-corrected chi connectivity index (χ4v) is 2.80. The number of hydrazone groups is 1. The second kappa shape index (κ2) is 6.06. The molecule has 5 heteroatoms. The van der Waals surface area contributed by atoms with Crippen molar-refractivity contribution in [2.75, 3.05) is 0 Å². The van der Waals surface area contributed by atoms with E-state index in [1.165, 1.54) is 6.07 Å². The molecule has 0 spiro atoms. The van der Waals surface area contributed by atoms with E-state index < -0.39 is 5.54 Å². The summed E-state index contributed by atoms with van der Waals surface area (Å²) in [5.74, 6) is 5.36. The summed E-state index contributed by atoms with van der Waals surface area (Å²) in [6, 6.07) is 4.80. The average molecular weight is 340 g/mol. The molecular formula is C15H19BrFN3. The fourth-order valence-electron chi connectivity index (χ4n) is 2.44. The van der Waals surface area contributed by atoms with Gasteiger partial charge in [0.15, 0.2) is 0 Å². The maximum absolute atomic E-state index is 14.3. The van der Waals surface area contributed by atoms with Crippen LogP contribution < -0.4 is 11.6 Å². The maximum Gasteiger partial charge on any atom is 0.128 e. The Morgan fingerprint density at radius 3 is 2.80 bits per heavy atom. The molecule has 1 unspecified atom stereocenters. The highest BCUT2D eigenvalue weighted by atomic mass is 79.9. The average Bonchev–Trinajstić information content (AvgIpc) is 3.26. The van der Waals surface area contributed by atoms with E-state index in [1.807, 2.05) is 13.0 Å². The Bertz CT molecular complexity index is 552. The van der Waals surface area contributed by atoms with E-state index in [2.05, 4.69) is 21.0 Å². The zero-order chi connectivity index (χ0) is 14.8.